The molecule has 0 aromatic carbocycles. The molecule has 0 bridgehead atoms. The zero-order chi connectivity index (χ0) is 15.8. The smallest absolute Gasteiger partial charge is 0.265 e. The van der Waals surface area contributed by atoms with E-state index < -0.39 is 0 Å². The average molecular weight is 332 g/mol. The van der Waals surface area contributed by atoms with Crippen molar-refractivity contribution in [1.29, 1.82) is 0 Å². The van der Waals surface area contributed by atoms with E-state index in [-0.39, 0.29) is 5.91 Å². The van der Waals surface area contributed by atoms with Gasteiger partial charge in [-0.15, -0.1) is 11.3 Å². The van der Waals surface area contributed by atoms with Gasteiger partial charge in [-0.2, -0.15) is 4.98 Å². The predicted molar refractivity (Wildman–Crippen MR) is 85.5 cm³/mol. The van der Waals surface area contributed by atoms with Crippen LogP contribution < -0.4 is 0 Å². The molecule has 0 radical (unpaired) electrons. The molecule has 1 aliphatic heterocycles. The number of hydrogen-bond donors (Lipinski definition) is 0. The molecule has 6 nitrogen and oxygen atoms in total. The second-order valence-electron chi connectivity index (χ2n) is 6.55. The fourth-order valence-electron chi connectivity index (χ4n) is 3.17. The Morgan fingerprint density at radius 3 is 3.04 bits per heavy atom. The van der Waals surface area contributed by atoms with Crippen LogP contribution in [0.15, 0.2) is 10.0 Å². The van der Waals surface area contributed by atoms with Crippen LogP contribution in [0.1, 0.15) is 58.7 Å². The maximum absolute atomic E-state index is 12.6. The maximum Gasteiger partial charge on any atom is 0.265 e. The zero-order valence-electron chi connectivity index (χ0n) is 13.2. The van der Waals surface area contributed by atoms with Crippen molar-refractivity contribution < 1.29 is 9.32 Å². The number of thiazole rings is 1. The number of aromatic nitrogens is 3. The van der Waals surface area contributed by atoms with E-state index in [4.69, 9.17) is 4.52 Å². The average Bonchev–Trinajstić information content (AvgIpc) is 3.16. The van der Waals surface area contributed by atoms with Crippen LogP contribution in [0.4, 0.5) is 0 Å². The van der Waals surface area contributed by atoms with Gasteiger partial charge in [0, 0.05) is 25.4 Å². The quantitative estimate of drug-likeness (QED) is 0.861. The van der Waals surface area contributed by atoms with Crippen molar-refractivity contribution >= 4 is 17.2 Å². The van der Waals surface area contributed by atoms with Crippen LogP contribution in [0, 0.1) is 12.8 Å². The van der Waals surface area contributed by atoms with E-state index in [0.29, 0.717) is 11.8 Å². The summed E-state index contributed by atoms with van der Waals surface area (Å²) in [6, 6.07) is 0. The number of piperidine rings is 1. The van der Waals surface area contributed by atoms with Gasteiger partial charge in [-0.05, 0) is 38.5 Å². The maximum atomic E-state index is 12.6. The summed E-state index contributed by atoms with van der Waals surface area (Å²) in [5, 5.41) is 4.08. The number of carbonyl (C=O) groups excluding carboxylic acids is 1. The highest BCUT2D eigenvalue weighted by Gasteiger charge is 2.30. The molecule has 4 rings (SSSR count). The SMILES string of the molecule is Cc1ncsc1C(=O)N1CCCC(Cc2nc(C3CC3)no2)C1. The lowest BCUT2D eigenvalue weighted by Gasteiger charge is -2.32. The molecule has 2 aromatic heterocycles. The third-order valence-corrected chi connectivity index (χ3v) is 5.55. The van der Waals surface area contributed by atoms with Gasteiger partial charge in [0.05, 0.1) is 11.2 Å². The molecule has 7 heteroatoms. The Balaban J connectivity index is 1.40. The highest BCUT2D eigenvalue weighted by Crippen LogP contribution is 2.38. The molecule has 1 saturated carbocycles. The summed E-state index contributed by atoms with van der Waals surface area (Å²) >= 11 is 1.43. The number of amides is 1. The first kappa shape index (κ1) is 14.8. The lowest BCUT2D eigenvalue weighted by atomic mass is 9.94. The Morgan fingerprint density at radius 2 is 2.30 bits per heavy atom. The third-order valence-electron chi connectivity index (χ3n) is 4.64. The highest BCUT2D eigenvalue weighted by molar-refractivity contribution is 7.11. The van der Waals surface area contributed by atoms with Crippen LogP contribution >= 0.6 is 11.3 Å². The van der Waals surface area contributed by atoms with Gasteiger partial charge in [-0.25, -0.2) is 4.98 Å². The van der Waals surface area contributed by atoms with Crippen LogP contribution in [-0.4, -0.2) is 39.0 Å². The highest BCUT2D eigenvalue weighted by atomic mass is 32.1. The summed E-state index contributed by atoms with van der Waals surface area (Å²) in [5.41, 5.74) is 2.56. The number of hydrogen-bond acceptors (Lipinski definition) is 6. The van der Waals surface area contributed by atoms with Crippen molar-refractivity contribution in [2.24, 2.45) is 5.92 Å². The molecular formula is C16H20N4O2S. The molecule has 0 spiro atoms. The molecule has 2 aromatic rings. The molecule has 1 amide bonds. The van der Waals surface area contributed by atoms with Crippen LogP contribution in [0.3, 0.4) is 0 Å². The van der Waals surface area contributed by atoms with Crippen molar-refractivity contribution in [3.05, 3.63) is 27.8 Å². The van der Waals surface area contributed by atoms with Crippen molar-refractivity contribution in [3.8, 4) is 0 Å². The van der Waals surface area contributed by atoms with Gasteiger partial charge < -0.3 is 9.42 Å². The lowest BCUT2D eigenvalue weighted by molar-refractivity contribution is 0.0672. The van der Waals surface area contributed by atoms with Gasteiger partial charge in [-0.1, -0.05) is 5.16 Å². The Hall–Kier alpha value is -1.76. The topological polar surface area (TPSA) is 72.1 Å². The van der Waals surface area contributed by atoms with Gasteiger partial charge in [0.1, 0.15) is 4.88 Å². The van der Waals surface area contributed by atoms with E-state index in [9.17, 15) is 4.79 Å². The van der Waals surface area contributed by atoms with Gasteiger partial charge in [0.15, 0.2) is 5.82 Å². The minimum Gasteiger partial charge on any atom is -0.339 e. The fraction of sp³-hybridized carbons (Fsp3) is 0.625. The minimum atomic E-state index is 0.110. The molecule has 1 unspecified atom stereocenters. The first-order chi connectivity index (χ1) is 11.2. The Kier molecular flexibility index (Phi) is 3.88. The minimum absolute atomic E-state index is 0.110. The van der Waals surface area contributed by atoms with E-state index in [2.05, 4.69) is 15.1 Å². The molecule has 122 valence electrons. The monoisotopic (exact) mass is 332 g/mol. The van der Waals surface area contributed by atoms with Gasteiger partial charge in [0.2, 0.25) is 5.89 Å². The summed E-state index contributed by atoms with van der Waals surface area (Å²) in [6.07, 6.45) is 5.26. The summed E-state index contributed by atoms with van der Waals surface area (Å²) in [5.74, 6) is 2.61. The first-order valence-electron chi connectivity index (χ1n) is 8.22. The molecular weight excluding hydrogens is 312 g/mol. The largest absolute Gasteiger partial charge is 0.339 e. The standard InChI is InChI=1S/C16H20N4O2S/c1-10-14(23-9-17-10)16(21)20-6-2-3-11(8-20)7-13-18-15(19-22-13)12-4-5-12/h9,11-12H,2-8H2,1H3. The summed E-state index contributed by atoms with van der Waals surface area (Å²) in [4.78, 5) is 24.0. The normalized spacial score (nSPS) is 21.6. The van der Waals surface area contributed by atoms with Crippen molar-refractivity contribution in [2.45, 2.75) is 44.9 Å². The van der Waals surface area contributed by atoms with Gasteiger partial charge in [-0.3, -0.25) is 4.79 Å². The number of rotatable bonds is 4. The predicted octanol–water partition coefficient (Wildman–Crippen LogP) is 2.81. The van der Waals surface area contributed by atoms with E-state index in [0.717, 1.165) is 54.6 Å². The molecule has 1 aliphatic carbocycles. The van der Waals surface area contributed by atoms with Crippen LogP contribution in [0.5, 0.6) is 0 Å². The fourth-order valence-corrected chi connectivity index (χ4v) is 3.94. The van der Waals surface area contributed by atoms with Crippen LogP contribution in [0.2, 0.25) is 0 Å². The van der Waals surface area contributed by atoms with E-state index in [1.807, 2.05) is 11.8 Å². The number of nitrogens with zero attached hydrogens (tertiary/aromatic N) is 4. The second kappa shape index (κ2) is 6.03. The van der Waals surface area contributed by atoms with Crippen LogP contribution in [0.25, 0.3) is 0 Å². The molecule has 23 heavy (non-hydrogen) atoms. The molecule has 1 saturated heterocycles. The molecule has 3 heterocycles. The Labute approximate surface area is 138 Å². The summed E-state index contributed by atoms with van der Waals surface area (Å²) in [7, 11) is 0. The number of aryl methyl sites for hydroxylation is 1. The molecule has 0 N–H and O–H groups in total. The number of likely N-dealkylation sites (tertiary alicyclic amines) is 1. The first-order valence-corrected chi connectivity index (χ1v) is 9.10. The van der Waals surface area contributed by atoms with Crippen molar-refractivity contribution in [3.63, 3.8) is 0 Å². The molecule has 1 atom stereocenters. The second-order valence-corrected chi connectivity index (χ2v) is 7.41. The van der Waals surface area contributed by atoms with E-state index >= 15 is 0 Å². The third kappa shape index (κ3) is 3.15. The Bertz CT molecular complexity index is 707. The number of carbonyl (C=O) groups is 1. The summed E-state index contributed by atoms with van der Waals surface area (Å²) in [6.45, 7) is 3.48. The van der Waals surface area contributed by atoms with Gasteiger partial charge >= 0.3 is 0 Å². The zero-order valence-corrected chi connectivity index (χ0v) is 14.0. The molecule has 2 aliphatic rings. The van der Waals surface area contributed by atoms with Crippen molar-refractivity contribution in [1.82, 2.24) is 20.0 Å². The van der Waals surface area contributed by atoms with Crippen molar-refractivity contribution in [2.75, 3.05) is 13.1 Å². The van der Waals surface area contributed by atoms with E-state index in [1.54, 1.807) is 5.51 Å². The van der Waals surface area contributed by atoms with Crippen LogP contribution in [-0.2, 0) is 6.42 Å². The lowest BCUT2D eigenvalue weighted by Crippen LogP contribution is -2.40. The van der Waals surface area contributed by atoms with Gasteiger partial charge in [0.25, 0.3) is 5.91 Å². The molecule has 2 fully saturated rings. The summed E-state index contributed by atoms with van der Waals surface area (Å²) < 4.78 is 5.38. The Morgan fingerprint density at radius 1 is 1.43 bits per heavy atom. The van der Waals surface area contributed by atoms with E-state index in [1.165, 1.54) is 24.2 Å².